The highest BCUT2D eigenvalue weighted by Crippen LogP contribution is 2.49. The van der Waals surface area contributed by atoms with Crippen LogP contribution in [0.3, 0.4) is 0 Å². The number of anilines is 1. The van der Waals surface area contributed by atoms with E-state index in [9.17, 15) is 9.18 Å². The van der Waals surface area contributed by atoms with Gasteiger partial charge in [-0.05, 0) is 79.1 Å². The van der Waals surface area contributed by atoms with Crippen molar-refractivity contribution >= 4 is 22.5 Å². The number of benzene rings is 2. The molecule has 0 saturated carbocycles. The highest BCUT2D eigenvalue weighted by Gasteiger charge is 2.38. The Balaban J connectivity index is 1.17. The molecule has 2 heterocycles. The SMILES string of the molecule is CCCC(C[C@H]1CCC2=C1[C@@H](C)C1=CNN(c3ccc(F)cc3)C1=C2)NC(=O)Cc1c[nH]c2ccccc12. The van der Waals surface area contributed by atoms with Crippen molar-refractivity contribution in [3.63, 3.8) is 0 Å². The number of allylic oxidation sites excluding steroid dienone is 4. The van der Waals surface area contributed by atoms with Gasteiger partial charge in [-0.1, -0.05) is 44.0 Å². The first-order chi connectivity index (χ1) is 18.5. The molecule has 3 N–H and O–H groups in total. The summed E-state index contributed by atoms with van der Waals surface area (Å²) in [6.45, 7) is 4.49. The number of hydrogen-bond donors (Lipinski definition) is 3. The summed E-state index contributed by atoms with van der Waals surface area (Å²) in [5.74, 6) is 0.631. The van der Waals surface area contributed by atoms with Crippen molar-refractivity contribution in [3.05, 3.63) is 101 Å². The van der Waals surface area contributed by atoms with Crippen LogP contribution in [0, 0.1) is 17.7 Å². The van der Waals surface area contributed by atoms with Gasteiger partial charge in [-0.15, -0.1) is 0 Å². The highest BCUT2D eigenvalue weighted by atomic mass is 19.1. The maximum Gasteiger partial charge on any atom is 0.224 e. The summed E-state index contributed by atoms with van der Waals surface area (Å²) in [6.07, 6.45) is 11.9. The molecule has 1 amide bonds. The van der Waals surface area contributed by atoms with Crippen LogP contribution in [0.25, 0.3) is 10.9 Å². The van der Waals surface area contributed by atoms with Gasteiger partial charge in [0.25, 0.3) is 0 Å². The monoisotopic (exact) mass is 510 g/mol. The van der Waals surface area contributed by atoms with E-state index in [1.165, 1.54) is 28.9 Å². The van der Waals surface area contributed by atoms with E-state index in [1.807, 2.05) is 29.4 Å². The Hall–Kier alpha value is -3.80. The molecule has 38 heavy (non-hydrogen) atoms. The van der Waals surface area contributed by atoms with Crippen molar-refractivity contribution in [1.82, 2.24) is 15.7 Å². The van der Waals surface area contributed by atoms with Crippen LogP contribution in [-0.2, 0) is 11.2 Å². The zero-order valence-corrected chi connectivity index (χ0v) is 22.1. The number of nitrogens with one attached hydrogen (secondary N) is 3. The number of hydrogen-bond acceptors (Lipinski definition) is 3. The van der Waals surface area contributed by atoms with E-state index in [4.69, 9.17) is 0 Å². The second-order valence-corrected chi connectivity index (χ2v) is 10.8. The van der Waals surface area contributed by atoms with Gasteiger partial charge in [0.05, 0.1) is 17.8 Å². The first-order valence-corrected chi connectivity index (χ1v) is 13.8. The van der Waals surface area contributed by atoms with Crippen molar-refractivity contribution < 1.29 is 9.18 Å². The molecule has 1 unspecified atom stereocenters. The summed E-state index contributed by atoms with van der Waals surface area (Å²) < 4.78 is 13.5. The van der Waals surface area contributed by atoms with Crippen LogP contribution in [-0.4, -0.2) is 16.9 Å². The Morgan fingerprint density at radius 2 is 2.00 bits per heavy atom. The maximum absolute atomic E-state index is 13.5. The van der Waals surface area contributed by atoms with Gasteiger partial charge in [0, 0.05) is 40.8 Å². The molecule has 0 bridgehead atoms. The number of para-hydroxylation sites is 1. The van der Waals surface area contributed by atoms with Crippen molar-refractivity contribution in [2.75, 3.05) is 5.01 Å². The predicted octanol–water partition coefficient (Wildman–Crippen LogP) is 6.67. The van der Waals surface area contributed by atoms with E-state index in [0.717, 1.165) is 60.0 Å². The molecule has 3 aromatic rings. The van der Waals surface area contributed by atoms with Gasteiger partial charge in [-0.25, -0.2) is 4.39 Å². The fourth-order valence-corrected chi connectivity index (χ4v) is 6.63. The van der Waals surface area contributed by atoms with Gasteiger partial charge < -0.3 is 15.7 Å². The zero-order valence-electron chi connectivity index (χ0n) is 22.1. The normalized spacial score (nSPS) is 21.1. The fraction of sp³-hybridized carbons (Fsp3) is 0.344. The van der Waals surface area contributed by atoms with E-state index >= 15 is 0 Å². The van der Waals surface area contributed by atoms with Crippen molar-refractivity contribution in [2.24, 2.45) is 11.8 Å². The van der Waals surface area contributed by atoms with Crippen LogP contribution >= 0.6 is 0 Å². The lowest BCUT2D eigenvalue weighted by Crippen LogP contribution is -2.37. The van der Waals surface area contributed by atoms with Gasteiger partial charge in [0.1, 0.15) is 5.82 Å². The molecule has 3 atom stereocenters. The average molecular weight is 511 g/mol. The summed E-state index contributed by atoms with van der Waals surface area (Å²) >= 11 is 0. The molecular weight excluding hydrogens is 475 g/mol. The van der Waals surface area contributed by atoms with E-state index < -0.39 is 0 Å². The van der Waals surface area contributed by atoms with E-state index in [1.54, 1.807) is 12.1 Å². The molecule has 0 radical (unpaired) electrons. The van der Waals surface area contributed by atoms with Crippen LogP contribution < -0.4 is 15.8 Å². The molecule has 6 rings (SSSR count). The minimum absolute atomic E-state index is 0.0944. The summed E-state index contributed by atoms with van der Waals surface area (Å²) in [7, 11) is 0. The van der Waals surface area contributed by atoms with Crippen LogP contribution in [0.5, 0.6) is 0 Å². The number of nitrogens with zero attached hydrogens (tertiary/aromatic N) is 1. The summed E-state index contributed by atoms with van der Waals surface area (Å²) in [4.78, 5) is 16.4. The summed E-state index contributed by atoms with van der Waals surface area (Å²) in [5, 5.41) is 6.55. The quantitative estimate of drug-likeness (QED) is 0.317. The molecule has 196 valence electrons. The molecule has 1 aliphatic heterocycles. The van der Waals surface area contributed by atoms with Gasteiger partial charge in [-0.3, -0.25) is 9.80 Å². The van der Waals surface area contributed by atoms with E-state index in [2.05, 4.69) is 47.9 Å². The lowest BCUT2D eigenvalue weighted by molar-refractivity contribution is -0.121. The maximum atomic E-state index is 13.5. The second-order valence-electron chi connectivity index (χ2n) is 10.8. The molecule has 1 aromatic heterocycles. The molecule has 2 aliphatic carbocycles. The number of rotatable bonds is 8. The van der Waals surface area contributed by atoms with Gasteiger partial charge in [-0.2, -0.15) is 0 Å². The third kappa shape index (κ3) is 4.53. The minimum atomic E-state index is -0.231. The van der Waals surface area contributed by atoms with E-state index in [-0.39, 0.29) is 17.8 Å². The third-order valence-electron chi connectivity index (χ3n) is 8.38. The van der Waals surface area contributed by atoms with Crippen LogP contribution in [0.15, 0.2) is 89.4 Å². The minimum Gasteiger partial charge on any atom is -0.361 e. The van der Waals surface area contributed by atoms with Crippen LogP contribution in [0.2, 0.25) is 0 Å². The zero-order chi connectivity index (χ0) is 26.2. The third-order valence-corrected chi connectivity index (χ3v) is 8.38. The van der Waals surface area contributed by atoms with Crippen LogP contribution in [0.4, 0.5) is 10.1 Å². The molecule has 3 aliphatic rings. The molecule has 6 heteroatoms. The lowest BCUT2D eigenvalue weighted by Gasteiger charge is -2.31. The average Bonchev–Trinajstić information content (AvgIpc) is 3.63. The molecule has 0 fully saturated rings. The van der Waals surface area contributed by atoms with Gasteiger partial charge in [0.2, 0.25) is 5.91 Å². The molecule has 5 nitrogen and oxygen atoms in total. The number of halogens is 1. The van der Waals surface area contributed by atoms with Crippen molar-refractivity contribution in [1.29, 1.82) is 0 Å². The lowest BCUT2D eigenvalue weighted by atomic mass is 9.78. The highest BCUT2D eigenvalue weighted by molar-refractivity contribution is 5.89. The Morgan fingerprint density at radius 1 is 1.18 bits per heavy atom. The number of hydrazine groups is 1. The molecule has 2 aromatic carbocycles. The number of carbonyl (C=O) groups excluding carboxylic acids is 1. The van der Waals surface area contributed by atoms with Crippen LogP contribution in [0.1, 0.15) is 51.5 Å². The standard InChI is InChI=1S/C32H35FN4O/c1-3-6-25(36-31(38)17-23-18-34-29-8-5-4-7-27(23)29)15-21-9-10-22-16-30-28(20(2)32(21)22)19-35-37(30)26-13-11-24(33)12-14-26/h4-5,7-8,11-14,16,18-21,25,34-35H,3,6,9-10,15,17H2,1-2H3,(H,36,38)/t20-,21+,25?/m0/s1. The van der Waals surface area contributed by atoms with Crippen molar-refractivity contribution in [2.45, 2.75) is 58.4 Å². The largest absolute Gasteiger partial charge is 0.361 e. The molecule has 0 saturated heterocycles. The molecule has 0 spiro atoms. The van der Waals surface area contributed by atoms with Gasteiger partial charge in [0.15, 0.2) is 0 Å². The predicted molar refractivity (Wildman–Crippen MR) is 151 cm³/mol. The Labute approximate surface area is 223 Å². The van der Waals surface area contributed by atoms with Crippen molar-refractivity contribution in [3.8, 4) is 0 Å². The number of aromatic amines is 1. The Bertz CT molecular complexity index is 1450. The summed E-state index contributed by atoms with van der Waals surface area (Å²) in [5.41, 5.74) is 11.8. The number of amides is 1. The number of fused-ring (bicyclic) bond motifs is 2. The topological polar surface area (TPSA) is 60.2 Å². The fourth-order valence-electron chi connectivity index (χ4n) is 6.63. The smallest absolute Gasteiger partial charge is 0.224 e. The Kier molecular flexibility index (Phi) is 6.56. The van der Waals surface area contributed by atoms with Gasteiger partial charge >= 0.3 is 0 Å². The molecular formula is C32H35FN4O. The summed E-state index contributed by atoms with van der Waals surface area (Å²) in [6, 6.07) is 14.9. The first-order valence-electron chi connectivity index (χ1n) is 13.8. The first kappa shape index (κ1) is 24.5. The number of H-pyrrole nitrogens is 1. The second kappa shape index (κ2) is 10.2. The number of aromatic nitrogens is 1. The Morgan fingerprint density at radius 3 is 2.82 bits per heavy atom. The number of carbonyl (C=O) groups is 1. The van der Waals surface area contributed by atoms with E-state index in [0.29, 0.717) is 18.3 Å².